The minimum absolute atomic E-state index is 0.0242. The second-order valence-electron chi connectivity index (χ2n) is 11.4. The predicted molar refractivity (Wildman–Crippen MR) is 145 cm³/mol. The Bertz CT molecular complexity index is 1360. The molecule has 2 aliphatic rings. The Morgan fingerprint density at radius 3 is 2.55 bits per heavy atom. The quantitative estimate of drug-likeness (QED) is 0.342. The number of ether oxygens (including phenoxy) is 2. The first-order valence-electron chi connectivity index (χ1n) is 13.3. The topological polar surface area (TPSA) is 76.0 Å². The SMILES string of the molecule is Cc1cc(CCC(C)(C)O)cc(C)c1-c1ccc(F)c2c1CCC2Oc1ccc2c(c1)OCC2CC(=O)O. The smallest absolute Gasteiger partial charge is 0.304 e. The van der Waals surface area contributed by atoms with E-state index in [-0.39, 0.29) is 18.2 Å². The molecule has 200 valence electrons. The average molecular weight is 519 g/mol. The summed E-state index contributed by atoms with van der Waals surface area (Å²) in [6, 6.07) is 13.2. The molecule has 5 rings (SSSR count). The molecule has 2 atom stereocenters. The maximum Gasteiger partial charge on any atom is 0.304 e. The Hall–Kier alpha value is -3.38. The van der Waals surface area contributed by atoms with E-state index in [1.54, 1.807) is 12.1 Å². The normalized spacial score (nSPS) is 18.2. The zero-order valence-electron chi connectivity index (χ0n) is 22.4. The highest BCUT2D eigenvalue weighted by atomic mass is 19.1. The van der Waals surface area contributed by atoms with Crippen molar-refractivity contribution in [1.29, 1.82) is 0 Å². The van der Waals surface area contributed by atoms with E-state index < -0.39 is 17.7 Å². The number of benzene rings is 3. The van der Waals surface area contributed by atoms with Crippen LogP contribution < -0.4 is 9.47 Å². The van der Waals surface area contributed by atoms with Crippen LogP contribution >= 0.6 is 0 Å². The van der Waals surface area contributed by atoms with Crippen molar-refractivity contribution in [2.45, 2.75) is 77.4 Å². The highest BCUT2D eigenvalue weighted by molar-refractivity contribution is 5.76. The number of aliphatic carboxylic acids is 1. The van der Waals surface area contributed by atoms with E-state index in [0.29, 0.717) is 42.9 Å². The van der Waals surface area contributed by atoms with Crippen LogP contribution in [0, 0.1) is 19.7 Å². The number of hydrogen-bond donors (Lipinski definition) is 2. The standard InChI is InChI=1S/C32H35FO5/c1-18-13-20(11-12-32(3,4)36)14-19(2)30(18)24-7-9-26(33)31-25(24)8-10-27(31)38-22-5-6-23-21(15-29(34)35)17-37-28(23)16-22/h5-7,9,13-14,16,21,27,36H,8,10-12,15,17H2,1-4H3,(H,34,35). The van der Waals surface area contributed by atoms with Crippen molar-refractivity contribution in [2.24, 2.45) is 0 Å². The number of carboxylic acid groups (broad SMARTS) is 1. The van der Waals surface area contributed by atoms with Crippen molar-refractivity contribution in [1.82, 2.24) is 0 Å². The van der Waals surface area contributed by atoms with Crippen LogP contribution in [-0.2, 0) is 17.6 Å². The molecule has 6 heteroatoms. The maximum atomic E-state index is 15.2. The zero-order chi connectivity index (χ0) is 27.2. The average Bonchev–Trinajstić information content (AvgIpc) is 3.43. The van der Waals surface area contributed by atoms with Crippen LogP contribution in [-0.4, -0.2) is 28.4 Å². The van der Waals surface area contributed by atoms with Gasteiger partial charge in [-0.05, 0) is 98.9 Å². The van der Waals surface area contributed by atoms with E-state index in [2.05, 4.69) is 26.0 Å². The van der Waals surface area contributed by atoms with E-state index in [0.717, 1.165) is 39.8 Å². The van der Waals surface area contributed by atoms with Crippen LogP contribution in [0.5, 0.6) is 11.5 Å². The Labute approximate surface area is 223 Å². The van der Waals surface area contributed by atoms with Crippen LogP contribution in [0.1, 0.15) is 78.5 Å². The largest absolute Gasteiger partial charge is 0.492 e. The molecule has 0 bridgehead atoms. The second kappa shape index (κ2) is 10.1. The number of rotatable bonds is 8. The Kier molecular flexibility index (Phi) is 6.95. The van der Waals surface area contributed by atoms with E-state index >= 15 is 4.39 Å². The van der Waals surface area contributed by atoms with Crippen molar-refractivity contribution < 1.29 is 28.9 Å². The van der Waals surface area contributed by atoms with Gasteiger partial charge in [-0.3, -0.25) is 4.79 Å². The molecule has 3 aromatic carbocycles. The summed E-state index contributed by atoms with van der Waals surface area (Å²) in [6.07, 6.45) is 2.48. The Morgan fingerprint density at radius 1 is 1.13 bits per heavy atom. The molecule has 38 heavy (non-hydrogen) atoms. The summed E-state index contributed by atoms with van der Waals surface area (Å²) in [5.41, 5.74) is 7.41. The summed E-state index contributed by atoms with van der Waals surface area (Å²) in [4.78, 5) is 11.1. The fourth-order valence-electron chi connectivity index (χ4n) is 5.97. The number of carbonyl (C=O) groups is 1. The molecular weight excluding hydrogens is 483 g/mol. The molecule has 1 heterocycles. The number of halogens is 1. The predicted octanol–water partition coefficient (Wildman–Crippen LogP) is 6.83. The molecule has 0 fully saturated rings. The molecule has 0 saturated carbocycles. The summed E-state index contributed by atoms with van der Waals surface area (Å²) in [7, 11) is 0. The van der Waals surface area contributed by atoms with Gasteiger partial charge >= 0.3 is 5.97 Å². The molecule has 0 radical (unpaired) electrons. The maximum absolute atomic E-state index is 15.2. The number of fused-ring (bicyclic) bond motifs is 2. The van der Waals surface area contributed by atoms with Gasteiger partial charge in [0.25, 0.3) is 0 Å². The first kappa shape index (κ1) is 26.2. The van der Waals surface area contributed by atoms with E-state index in [9.17, 15) is 9.90 Å². The number of aryl methyl sites for hydroxylation is 3. The number of hydrogen-bond acceptors (Lipinski definition) is 4. The highest BCUT2D eigenvalue weighted by Gasteiger charge is 2.32. The lowest BCUT2D eigenvalue weighted by molar-refractivity contribution is -0.137. The van der Waals surface area contributed by atoms with Crippen LogP contribution in [0.25, 0.3) is 11.1 Å². The van der Waals surface area contributed by atoms with E-state index in [1.165, 1.54) is 5.56 Å². The van der Waals surface area contributed by atoms with Crippen molar-refractivity contribution in [2.75, 3.05) is 6.61 Å². The van der Waals surface area contributed by atoms with Crippen molar-refractivity contribution in [3.8, 4) is 22.6 Å². The summed E-state index contributed by atoms with van der Waals surface area (Å²) < 4.78 is 27.3. The molecule has 0 spiro atoms. The van der Waals surface area contributed by atoms with Gasteiger partial charge in [0.15, 0.2) is 0 Å². The molecule has 5 nitrogen and oxygen atoms in total. The van der Waals surface area contributed by atoms with Gasteiger partial charge < -0.3 is 19.7 Å². The summed E-state index contributed by atoms with van der Waals surface area (Å²) in [6.45, 7) is 8.18. The lowest BCUT2D eigenvalue weighted by Crippen LogP contribution is -2.19. The molecule has 1 aliphatic heterocycles. The third kappa shape index (κ3) is 5.28. The second-order valence-corrected chi connectivity index (χ2v) is 11.4. The fourth-order valence-corrected chi connectivity index (χ4v) is 5.97. The molecule has 0 saturated heterocycles. The van der Waals surface area contributed by atoms with Gasteiger partial charge in [-0.15, -0.1) is 0 Å². The highest BCUT2D eigenvalue weighted by Crippen LogP contribution is 2.45. The van der Waals surface area contributed by atoms with Crippen LogP contribution in [0.15, 0.2) is 42.5 Å². The zero-order valence-corrected chi connectivity index (χ0v) is 22.4. The molecule has 2 N–H and O–H groups in total. The van der Waals surface area contributed by atoms with Gasteiger partial charge in [-0.1, -0.05) is 24.3 Å². The van der Waals surface area contributed by atoms with Gasteiger partial charge in [0.05, 0.1) is 18.6 Å². The third-order valence-electron chi connectivity index (χ3n) is 7.73. The lowest BCUT2D eigenvalue weighted by Gasteiger charge is -2.20. The van der Waals surface area contributed by atoms with Gasteiger partial charge in [0.2, 0.25) is 0 Å². The van der Waals surface area contributed by atoms with Crippen LogP contribution in [0.3, 0.4) is 0 Å². The Morgan fingerprint density at radius 2 is 1.87 bits per heavy atom. The molecule has 0 aromatic heterocycles. The van der Waals surface area contributed by atoms with E-state index in [4.69, 9.17) is 14.6 Å². The third-order valence-corrected chi connectivity index (χ3v) is 7.73. The van der Waals surface area contributed by atoms with Crippen LogP contribution in [0.4, 0.5) is 4.39 Å². The molecule has 1 aliphatic carbocycles. The van der Waals surface area contributed by atoms with Crippen molar-refractivity contribution >= 4 is 5.97 Å². The molecular formula is C32H35FO5. The van der Waals surface area contributed by atoms with E-state index in [1.807, 2.05) is 32.0 Å². The molecule has 3 aromatic rings. The summed E-state index contributed by atoms with van der Waals surface area (Å²) >= 11 is 0. The van der Waals surface area contributed by atoms with Gasteiger partial charge in [0, 0.05) is 23.1 Å². The molecule has 0 amide bonds. The number of carboxylic acids is 1. The van der Waals surface area contributed by atoms with Crippen molar-refractivity contribution in [3.63, 3.8) is 0 Å². The van der Waals surface area contributed by atoms with Gasteiger partial charge in [-0.25, -0.2) is 4.39 Å². The fraction of sp³-hybridized carbons (Fsp3) is 0.406. The van der Waals surface area contributed by atoms with Crippen molar-refractivity contribution in [3.05, 3.63) is 81.7 Å². The first-order valence-corrected chi connectivity index (χ1v) is 13.3. The lowest BCUT2D eigenvalue weighted by atomic mass is 9.88. The van der Waals surface area contributed by atoms with Gasteiger partial charge in [-0.2, -0.15) is 0 Å². The monoisotopic (exact) mass is 518 g/mol. The molecule has 2 unspecified atom stereocenters. The minimum Gasteiger partial charge on any atom is -0.492 e. The number of aliphatic hydroxyl groups is 1. The summed E-state index contributed by atoms with van der Waals surface area (Å²) in [5, 5.41) is 19.3. The Balaban J connectivity index is 1.41. The minimum atomic E-state index is -0.852. The first-order chi connectivity index (χ1) is 18.0. The summed E-state index contributed by atoms with van der Waals surface area (Å²) in [5.74, 6) is -0.0584. The van der Waals surface area contributed by atoms with Crippen LogP contribution in [0.2, 0.25) is 0 Å². The van der Waals surface area contributed by atoms with Gasteiger partial charge in [0.1, 0.15) is 23.4 Å².